The molecule has 0 fully saturated rings. The van der Waals surface area contributed by atoms with Crippen LogP contribution in [0.25, 0.3) is 0 Å². The Kier molecular flexibility index (Phi) is 3.54. The van der Waals surface area contributed by atoms with E-state index in [9.17, 15) is 0 Å². The van der Waals surface area contributed by atoms with Crippen LogP contribution in [0.1, 0.15) is 5.56 Å². The lowest BCUT2D eigenvalue weighted by Gasteiger charge is -2.02. The molecular formula is C9H11NOS. The molecule has 0 unspecified atom stereocenters. The number of thiocarbonyl (C=S) groups is 1. The Morgan fingerprint density at radius 1 is 1.33 bits per heavy atom. The van der Waals surface area contributed by atoms with Crippen molar-refractivity contribution in [2.45, 2.75) is 6.42 Å². The van der Waals surface area contributed by atoms with E-state index in [4.69, 9.17) is 10.5 Å². The van der Waals surface area contributed by atoms with Crippen LogP contribution in [0.3, 0.4) is 0 Å². The van der Waals surface area contributed by atoms with Crippen LogP contribution in [0, 0.1) is 0 Å². The number of ether oxygens (including phenoxy) is 1. The molecule has 0 aromatic heterocycles. The standard InChI is InChI=1S/C9H11NOS/c10-9(12)11-7-6-8-4-2-1-3-5-8/h1-5H,6-7H2,(H2,10,12). The predicted octanol–water partition coefficient (Wildman–Crippen LogP) is 1.49. The third kappa shape index (κ3) is 3.34. The molecule has 1 aromatic rings. The molecule has 0 atom stereocenters. The number of hydrogen-bond acceptors (Lipinski definition) is 2. The van der Waals surface area contributed by atoms with Crippen LogP contribution in [0.5, 0.6) is 0 Å². The van der Waals surface area contributed by atoms with E-state index in [1.807, 2.05) is 30.3 Å². The maximum absolute atomic E-state index is 5.17. The van der Waals surface area contributed by atoms with Gasteiger partial charge in [-0.1, -0.05) is 30.3 Å². The maximum Gasteiger partial charge on any atom is 0.253 e. The van der Waals surface area contributed by atoms with Gasteiger partial charge in [-0.25, -0.2) is 0 Å². The first-order valence-corrected chi connectivity index (χ1v) is 4.16. The average Bonchev–Trinajstić information content (AvgIpc) is 2.05. The summed E-state index contributed by atoms with van der Waals surface area (Å²) in [4.78, 5) is 0. The van der Waals surface area contributed by atoms with E-state index in [-0.39, 0.29) is 5.17 Å². The van der Waals surface area contributed by atoms with Gasteiger partial charge in [-0.2, -0.15) is 0 Å². The highest BCUT2D eigenvalue weighted by Crippen LogP contribution is 1.99. The zero-order valence-corrected chi connectivity index (χ0v) is 7.51. The van der Waals surface area contributed by atoms with Crippen LogP contribution in [-0.2, 0) is 11.2 Å². The molecule has 3 heteroatoms. The van der Waals surface area contributed by atoms with E-state index >= 15 is 0 Å². The highest BCUT2D eigenvalue weighted by molar-refractivity contribution is 7.80. The van der Waals surface area contributed by atoms with E-state index in [1.54, 1.807) is 0 Å². The molecule has 1 aromatic carbocycles. The molecule has 0 amide bonds. The molecule has 2 N–H and O–H groups in total. The lowest BCUT2D eigenvalue weighted by molar-refractivity contribution is 0.313. The molecule has 0 bridgehead atoms. The van der Waals surface area contributed by atoms with Crippen molar-refractivity contribution in [1.82, 2.24) is 0 Å². The van der Waals surface area contributed by atoms with Gasteiger partial charge in [0.05, 0.1) is 6.61 Å². The van der Waals surface area contributed by atoms with Gasteiger partial charge in [-0.3, -0.25) is 0 Å². The Balaban J connectivity index is 2.29. The minimum absolute atomic E-state index is 0.117. The molecule has 0 saturated carbocycles. The van der Waals surface area contributed by atoms with Crippen LogP contribution in [-0.4, -0.2) is 11.8 Å². The SMILES string of the molecule is NC(=S)OCCc1ccccc1. The zero-order valence-electron chi connectivity index (χ0n) is 6.69. The lowest BCUT2D eigenvalue weighted by atomic mass is 10.2. The largest absolute Gasteiger partial charge is 0.471 e. The fourth-order valence-corrected chi connectivity index (χ4v) is 0.997. The van der Waals surface area contributed by atoms with Crippen LogP contribution in [0.4, 0.5) is 0 Å². The van der Waals surface area contributed by atoms with Crippen LogP contribution < -0.4 is 5.73 Å². The Bertz CT molecular complexity index is 248. The summed E-state index contributed by atoms with van der Waals surface area (Å²) in [5, 5.41) is 0.117. The summed E-state index contributed by atoms with van der Waals surface area (Å²) in [5.74, 6) is 0. The van der Waals surface area contributed by atoms with Gasteiger partial charge in [0.15, 0.2) is 0 Å². The van der Waals surface area contributed by atoms with Gasteiger partial charge in [0.2, 0.25) is 0 Å². The van der Waals surface area contributed by atoms with Gasteiger partial charge in [0.25, 0.3) is 5.17 Å². The van der Waals surface area contributed by atoms with E-state index in [0.29, 0.717) is 6.61 Å². The number of rotatable bonds is 3. The van der Waals surface area contributed by atoms with Crippen molar-refractivity contribution in [2.75, 3.05) is 6.61 Å². The van der Waals surface area contributed by atoms with Crippen molar-refractivity contribution in [2.24, 2.45) is 5.73 Å². The molecule has 0 aliphatic heterocycles. The topological polar surface area (TPSA) is 35.2 Å². The van der Waals surface area contributed by atoms with E-state index in [0.717, 1.165) is 6.42 Å². The first-order valence-electron chi connectivity index (χ1n) is 3.75. The van der Waals surface area contributed by atoms with Gasteiger partial charge >= 0.3 is 0 Å². The third-order valence-corrected chi connectivity index (χ3v) is 1.60. The summed E-state index contributed by atoms with van der Waals surface area (Å²) in [6.07, 6.45) is 0.845. The Morgan fingerprint density at radius 3 is 2.58 bits per heavy atom. The van der Waals surface area contributed by atoms with Crippen molar-refractivity contribution >= 4 is 17.4 Å². The minimum Gasteiger partial charge on any atom is -0.471 e. The molecule has 0 heterocycles. The smallest absolute Gasteiger partial charge is 0.253 e. The summed E-state index contributed by atoms with van der Waals surface area (Å²) in [6, 6.07) is 10.1. The van der Waals surface area contributed by atoms with Gasteiger partial charge in [-0.15, -0.1) is 0 Å². The number of nitrogens with two attached hydrogens (primary N) is 1. The van der Waals surface area contributed by atoms with Gasteiger partial charge in [0, 0.05) is 6.42 Å². The molecule has 0 spiro atoms. The molecule has 0 aliphatic rings. The van der Waals surface area contributed by atoms with Crippen molar-refractivity contribution < 1.29 is 4.74 Å². The molecule has 12 heavy (non-hydrogen) atoms. The van der Waals surface area contributed by atoms with E-state index in [2.05, 4.69) is 12.2 Å². The fourth-order valence-electron chi connectivity index (χ4n) is 0.914. The second-order valence-corrected chi connectivity index (χ2v) is 2.81. The van der Waals surface area contributed by atoms with Crippen molar-refractivity contribution in [3.8, 4) is 0 Å². The van der Waals surface area contributed by atoms with Crippen molar-refractivity contribution in [3.05, 3.63) is 35.9 Å². The summed E-state index contributed by atoms with van der Waals surface area (Å²) in [6.45, 7) is 0.555. The number of hydrogen-bond donors (Lipinski definition) is 1. The Morgan fingerprint density at radius 2 is 2.00 bits per heavy atom. The molecule has 0 radical (unpaired) electrons. The Labute approximate surface area is 77.3 Å². The summed E-state index contributed by atoms with van der Waals surface area (Å²) >= 11 is 4.57. The second kappa shape index (κ2) is 4.72. The third-order valence-electron chi connectivity index (χ3n) is 1.48. The normalized spacial score (nSPS) is 9.33. The molecule has 2 nitrogen and oxygen atoms in total. The second-order valence-electron chi connectivity index (χ2n) is 2.40. The molecule has 64 valence electrons. The lowest BCUT2D eigenvalue weighted by Crippen LogP contribution is -2.14. The summed E-state index contributed by atoms with van der Waals surface area (Å²) < 4.78 is 4.96. The predicted molar refractivity (Wildman–Crippen MR) is 52.9 cm³/mol. The van der Waals surface area contributed by atoms with E-state index in [1.165, 1.54) is 5.56 Å². The van der Waals surface area contributed by atoms with Gasteiger partial charge in [0.1, 0.15) is 0 Å². The first-order chi connectivity index (χ1) is 5.79. The number of benzene rings is 1. The van der Waals surface area contributed by atoms with E-state index < -0.39 is 0 Å². The quantitative estimate of drug-likeness (QED) is 0.717. The maximum atomic E-state index is 5.17. The summed E-state index contributed by atoms with van der Waals surface area (Å²) in [5.41, 5.74) is 6.40. The average molecular weight is 181 g/mol. The van der Waals surface area contributed by atoms with Crippen molar-refractivity contribution in [1.29, 1.82) is 0 Å². The highest BCUT2D eigenvalue weighted by Gasteiger charge is 1.92. The highest BCUT2D eigenvalue weighted by atomic mass is 32.1. The van der Waals surface area contributed by atoms with Crippen LogP contribution >= 0.6 is 12.2 Å². The summed E-state index contributed by atoms with van der Waals surface area (Å²) in [7, 11) is 0. The monoisotopic (exact) mass is 181 g/mol. The minimum atomic E-state index is 0.117. The fraction of sp³-hybridized carbons (Fsp3) is 0.222. The van der Waals surface area contributed by atoms with Crippen molar-refractivity contribution in [3.63, 3.8) is 0 Å². The zero-order chi connectivity index (χ0) is 8.81. The molecular weight excluding hydrogens is 170 g/mol. The Hall–Kier alpha value is -1.09. The molecule has 0 aliphatic carbocycles. The van der Waals surface area contributed by atoms with Crippen LogP contribution in [0.2, 0.25) is 0 Å². The first kappa shape index (κ1) is 9.00. The molecule has 0 saturated heterocycles. The molecule has 1 rings (SSSR count). The van der Waals surface area contributed by atoms with Gasteiger partial charge in [-0.05, 0) is 17.8 Å². The van der Waals surface area contributed by atoms with Crippen LogP contribution in [0.15, 0.2) is 30.3 Å². The van der Waals surface area contributed by atoms with Gasteiger partial charge < -0.3 is 10.5 Å².